The number of allylic oxidation sites excluding steroid dienone is 3. The van der Waals surface area contributed by atoms with Crippen LogP contribution in [0.25, 0.3) is 17.0 Å². The summed E-state index contributed by atoms with van der Waals surface area (Å²) < 4.78 is 26.1. The van der Waals surface area contributed by atoms with Crippen molar-refractivity contribution >= 4 is 18.4 Å². The molecule has 3 aromatic carbocycles. The molecule has 3 aliphatic heterocycles. The molecule has 7 rings (SSSR count). The van der Waals surface area contributed by atoms with Crippen molar-refractivity contribution < 1.29 is 23.6 Å². The van der Waals surface area contributed by atoms with Crippen LogP contribution in [0, 0.1) is 0 Å². The van der Waals surface area contributed by atoms with Gasteiger partial charge in [0.25, 0.3) is 0 Å². The molecule has 0 bridgehead atoms. The molecule has 3 aliphatic rings. The Morgan fingerprint density at radius 2 is 1.16 bits per heavy atom. The predicted octanol–water partition coefficient (Wildman–Crippen LogP) is 7.01. The highest BCUT2D eigenvalue weighted by molar-refractivity contribution is 6.58. The summed E-state index contributed by atoms with van der Waals surface area (Å²) in [6.45, 7) is 6.09. The monoisotopic (exact) mass is 584 g/mol. The second-order valence-corrected chi connectivity index (χ2v) is 11.2. The standard InChI is InChI=1S/C37H36BN2O4/c1-5-26-28(7-3)36(39-34(26)24-17-11-9-12-18-24)32-23-33(44-38(43-32)41-30-21-15-16-22-31(30)42-38)37-29(8-4)27(6-2)35(40-37)25-19-13-10-14-20-25/h9-23,39H,5-8H2,1-4H3/q-1/p+1/b37-33+. The number of nitrogens with one attached hydrogen (secondary N) is 2. The molecule has 0 aliphatic carbocycles. The molecule has 0 unspecified atom stereocenters. The average Bonchev–Trinajstić information content (AvgIpc) is 3.75. The molecule has 1 aromatic heterocycles. The molecular formula is C37H37BN2O4. The van der Waals surface area contributed by atoms with E-state index < -0.39 is 6.96 Å². The maximum Gasteiger partial charge on any atom is 0.777 e. The summed E-state index contributed by atoms with van der Waals surface area (Å²) in [5.74, 6) is 2.44. The van der Waals surface area contributed by atoms with Gasteiger partial charge in [0, 0.05) is 28.5 Å². The molecule has 2 N–H and O–H groups in total. The summed E-state index contributed by atoms with van der Waals surface area (Å²) in [7, 11) is 0. The van der Waals surface area contributed by atoms with Crippen molar-refractivity contribution in [2.45, 2.75) is 53.4 Å². The van der Waals surface area contributed by atoms with E-state index in [1.165, 1.54) is 22.3 Å². The van der Waals surface area contributed by atoms with Crippen molar-refractivity contribution in [2.75, 3.05) is 0 Å². The van der Waals surface area contributed by atoms with Gasteiger partial charge in [-0.2, -0.15) is 0 Å². The van der Waals surface area contributed by atoms with Crippen molar-refractivity contribution in [3.8, 4) is 22.8 Å². The number of benzene rings is 3. The highest BCUT2D eigenvalue weighted by atomic mass is 16.9. The second kappa shape index (κ2) is 11.3. The van der Waals surface area contributed by atoms with Crippen LogP contribution in [-0.2, 0) is 22.2 Å². The Kier molecular flexibility index (Phi) is 7.17. The Hall–Kier alpha value is -4.91. The van der Waals surface area contributed by atoms with Gasteiger partial charge in [-0.05, 0) is 66.6 Å². The maximum atomic E-state index is 6.66. The van der Waals surface area contributed by atoms with Gasteiger partial charge in [0.1, 0.15) is 17.3 Å². The topological polar surface area (TPSA) is 66.7 Å². The average molecular weight is 585 g/mol. The predicted molar refractivity (Wildman–Crippen MR) is 175 cm³/mol. The van der Waals surface area contributed by atoms with Crippen LogP contribution in [-0.4, -0.2) is 17.7 Å². The minimum absolute atomic E-state index is 0.593. The van der Waals surface area contributed by atoms with E-state index in [1.54, 1.807) is 0 Å². The zero-order valence-electron chi connectivity index (χ0n) is 25.7. The van der Waals surface area contributed by atoms with Gasteiger partial charge in [-0.25, -0.2) is 4.99 Å². The lowest BCUT2D eigenvalue weighted by Crippen LogP contribution is -2.70. The highest BCUT2D eigenvalue weighted by Gasteiger charge is 2.52. The molecule has 0 saturated heterocycles. The van der Waals surface area contributed by atoms with Crippen LogP contribution in [0.15, 0.2) is 114 Å². The Morgan fingerprint density at radius 1 is 0.591 bits per heavy atom. The van der Waals surface area contributed by atoms with E-state index in [0.29, 0.717) is 23.0 Å². The van der Waals surface area contributed by atoms with Crippen LogP contribution in [0.4, 0.5) is 0 Å². The first-order valence-electron chi connectivity index (χ1n) is 15.7. The van der Waals surface area contributed by atoms with E-state index in [0.717, 1.165) is 59.6 Å². The third kappa shape index (κ3) is 4.64. The van der Waals surface area contributed by atoms with Gasteiger partial charge < -0.3 is 23.6 Å². The van der Waals surface area contributed by atoms with Crippen molar-refractivity contribution in [1.29, 1.82) is 0 Å². The Labute approximate surface area is 258 Å². The minimum atomic E-state index is -2.67. The molecule has 222 valence electrons. The van der Waals surface area contributed by atoms with Gasteiger partial charge in [-0.1, -0.05) is 88.4 Å². The first-order chi connectivity index (χ1) is 21.6. The van der Waals surface area contributed by atoms with E-state index in [9.17, 15) is 0 Å². The lowest BCUT2D eigenvalue weighted by Gasteiger charge is -2.40. The lowest BCUT2D eigenvalue weighted by atomic mass is 9.94. The van der Waals surface area contributed by atoms with Crippen molar-refractivity contribution in [3.63, 3.8) is 0 Å². The van der Waals surface area contributed by atoms with Crippen LogP contribution in [0.1, 0.15) is 62.9 Å². The first-order valence-corrected chi connectivity index (χ1v) is 15.7. The number of hydrogen-bond donors (Lipinski definition) is 2. The van der Waals surface area contributed by atoms with E-state index >= 15 is 0 Å². The smallest absolute Gasteiger partial charge is 0.610 e. The molecule has 0 atom stereocenters. The fourth-order valence-electron chi connectivity index (χ4n) is 6.70. The van der Waals surface area contributed by atoms with E-state index in [2.05, 4.69) is 86.2 Å². The molecular weight excluding hydrogens is 547 g/mol. The fraction of sp³-hybridized carbons (Fsp3) is 0.216. The summed E-state index contributed by atoms with van der Waals surface area (Å²) >= 11 is 0. The summed E-state index contributed by atoms with van der Waals surface area (Å²) in [5.41, 5.74) is 11.3. The molecule has 0 amide bonds. The molecule has 6 nitrogen and oxygen atoms in total. The van der Waals surface area contributed by atoms with E-state index in [1.807, 2.05) is 42.5 Å². The summed E-state index contributed by atoms with van der Waals surface area (Å²) in [6, 6.07) is 28.5. The minimum Gasteiger partial charge on any atom is -0.610 e. The van der Waals surface area contributed by atoms with Crippen LogP contribution in [0.5, 0.6) is 11.5 Å². The number of H-pyrrole nitrogens is 1. The third-order valence-electron chi connectivity index (χ3n) is 8.66. The molecule has 1 spiro atoms. The van der Waals surface area contributed by atoms with Crippen LogP contribution in [0.3, 0.4) is 0 Å². The SMILES string of the molecule is CCC1=C(CC)/C(=C2/C=C(c3[nH]c(-c4ccccc4)c(CC)c3CC)O[B-]3(O2)Oc2ccccc2O3)[NH+]=C1c1ccccc1. The normalized spacial score (nSPS) is 18.3. The number of rotatable bonds is 7. The first kappa shape index (κ1) is 27.9. The summed E-state index contributed by atoms with van der Waals surface area (Å²) in [4.78, 5) is 7.49. The molecule has 4 heterocycles. The lowest BCUT2D eigenvalue weighted by molar-refractivity contribution is -0.390. The van der Waals surface area contributed by atoms with Gasteiger partial charge in [0.15, 0.2) is 5.76 Å². The highest BCUT2D eigenvalue weighted by Crippen LogP contribution is 2.45. The number of aromatic amines is 1. The molecule has 44 heavy (non-hydrogen) atoms. The molecule has 0 saturated carbocycles. The molecule has 0 fully saturated rings. The van der Waals surface area contributed by atoms with E-state index in [4.69, 9.17) is 18.6 Å². The van der Waals surface area contributed by atoms with Crippen LogP contribution in [0.2, 0.25) is 0 Å². The number of para-hydroxylation sites is 2. The summed E-state index contributed by atoms with van der Waals surface area (Å²) in [6.07, 6.45) is 5.43. The number of hydrogen-bond acceptors (Lipinski definition) is 4. The number of aromatic nitrogens is 1. The fourth-order valence-corrected chi connectivity index (χ4v) is 6.70. The van der Waals surface area contributed by atoms with E-state index in [-0.39, 0.29) is 0 Å². The third-order valence-corrected chi connectivity index (χ3v) is 8.66. The van der Waals surface area contributed by atoms with Crippen molar-refractivity contribution in [1.82, 2.24) is 4.98 Å². The van der Waals surface area contributed by atoms with Gasteiger partial charge in [-0.3, -0.25) is 0 Å². The Morgan fingerprint density at radius 3 is 1.75 bits per heavy atom. The summed E-state index contributed by atoms with van der Waals surface area (Å²) in [5, 5.41) is 0. The maximum absolute atomic E-state index is 6.66. The van der Waals surface area contributed by atoms with Crippen molar-refractivity contribution in [2.24, 2.45) is 0 Å². The molecule has 0 radical (unpaired) electrons. The zero-order valence-corrected chi connectivity index (χ0v) is 25.7. The van der Waals surface area contributed by atoms with Gasteiger partial charge >= 0.3 is 6.96 Å². The van der Waals surface area contributed by atoms with Gasteiger partial charge in [0.05, 0.1) is 5.69 Å². The van der Waals surface area contributed by atoms with Gasteiger partial charge in [0.2, 0.25) is 11.4 Å². The zero-order chi connectivity index (χ0) is 30.3. The van der Waals surface area contributed by atoms with Crippen LogP contribution < -0.4 is 14.3 Å². The quantitative estimate of drug-likeness (QED) is 0.229. The van der Waals surface area contributed by atoms with Gasteiger partial charge in [-0.15, -0.1) is 0 Å². The molecule has 7 heteroatoms. The number of fused-ring (bicyclic) bond motifs is 1. The molecule has 4 aromatic rings. The largest absolute Gasteiger partial charge is 0.777 e. The Balaban J connectivity index is 1.44. The second-order valence-electron chi connectivity index (χ2n) is 11.2. The Bertz CT molecular complexity index is 1830. The van der Waals surface area contributed by atoms with Crippen LogP contribution >= 0.6 is 0 Å². The van der Waals surface area contributed by atoms with Crippen molar-refractivity contribution in [3.05, 3.63) is 136 Å².